The van der Waals surface area contributed by atoms with Gasteiger partial charge in [0.05, 0.1) is 11.0 Å². The quantitative estimate of drug-likeness (QED) is 0.788. The summed E-state index contributed by atoms with van der Waals surface area (Å²) in [6.07, 6.45) is -3.29. The largest absolute Gasteiger partial charge is 0.406 e. The van der Waals surface area contributed by atoms with Crippen LogP contribution >= 0.6 is 0 Å². The first-order valence-electron chi connectivity index (χ1n) is 6.84. The fraction of sp³-hybridized carbons (Fsp3) is 0.333. The third kappa shape index (κ3) is 3.64. The highest BCUT2D eigenvalue weighted by molar-refractivity contribution is 5.81. The average Bonchev–Trinajstić information content (AvgIpc) is 2.71. The average molecular weight is 327 g/mol. The number of fused-ring (bicyclic) bond motifs is 1. The van der Waals surface area contributed by atoms with Crippen LogP contribution in [-0.2, 0) is 18.4 Å². The number of amides is 1. The van der Waals surface area contributed by atoms with E-state index in [0.29, 0.717) is 15.9 Å². The van der Waals surface area contributed by atoms with E-state index in [2.05, 4.69) is 6.58 Å². The van der Waals surface area contributed by atoms with E-state index in [9.17, 15) is 22.8 Å². The highest BCUT2D eigenvalue weighted by Gasteiger charge is 2.32. The summed E-state index contributed by atoms with van der Waals surface area (Å²) in [6.45, 7) is 1.29. The van der Waals surface area contributed by atoms with E-state index in [-0.39, 0.29) is 6.54 Å². The highest BCUT2D eigenvalue weighted by atomic mass is 19.4. The molecule has 2 rings (SSSR count). The first-order chi connectivity index (χ1) is 10.7. The molecule has 0 aliphatic carbocycles. The molecule has 1 heterocycles. The minimum Gasteiger partial charge on any atom is -0.328 e. The molecule has 0 radical (unpaired) electrons. The molecule has 0 saturated heterocycles. The van der Waals surface area contributed by atoms with Gasteiger partial charge >= 0.3 is 11.9 Å². The lowest BCUT2D eigenvalue weighted by Crippen LogP contribution is -2.42. The topological polar surface area (TPSA) is 47.2 Å². The van der Waals surface area contributed by atoms with E-state index in [0.717, 1.165) is 0 Å². The molecular formula is C15H16F3N3O2. The molecule has 0 fully saturated rings. The van der Waals surface area contributed by atoms with Gasteiger partial charge in [-0.3, -0.25) is 13.9 Å². The maximum atomic E-state index is 12.6. The van der Waals surface area contributed by atoms with Crippen LogP contribution in [0.5, 0.6) is 0 Å². The van der Waals surface area contributed by atoms with Crippen LogP contribution in [-0.4, -0.2) is 39.2 Å². The molecule has 0 aliphatic rings. The van der Waals surface area contributed by atoms with Crippen LogP contribution in [0.15, 0.2) is 41.7 Å². The molecule has 0 unspecified atom stereocenters. The Balaban J connectivity index is 2.34. The Bertz CT molecular complexity index is 789. The van der Waals surface area contributed by atoms with Crippen molar-refractivity contribution in [2.45, 2.75) is 12.7 Å². The number of imidazole rings is 1. The van der Waals surface area contributed by atoms with Crippen molar-refractivity contribution in [1.82, 2.24) is 14.0 Å². The number of hydrogen-bond acceptors (Lipinski definition) is 2. The van der Waals surface area contributed by atoms with Crippen LogP contribution in [0.4, 0.5) is 13.2 Å². The van der Waals surface area contributed by atoms with Gasteiger partial charge in [0.1, 0.15) is 13.1 Å². The summed E-state index contributed by atoms with van der Waals surface area (Å²) in [7, 11) is 1.54. The molecule has 23 heavy (non-hydrogen) atoms. The molecule has 124 valence electrons. The maximum Gasteiger partial charge on any atom is 0.406 e. The lowest BCUT2D eigenvalue weighted by Gasteiger charge is -2.22. The van der Waals surface area contributed by atoms with Gasteiger partial charge in [-0.1, -0.05) is 18.2 Å². The van der Waals surface area contributed by atoms with Gasteiger partial charge in [-0.15, -0.1) is 6.58 Å². The standard InChI is InChI=1S/C15H16F3N3O2/c1-3-8-20(10-15(16,17)18)13(22)9-21-12-7-5-4-6-11(12)19(2)14(21)23/h3-7H,1,8-10H2,2H3. The van der Waals surface area contributed by atoms with Crippen molar-refractivity contribution in [2.75, 3.05) is 13.1 Å². The van der Waals surface area contributed by atoms with Crippen molar-refractivity contribution in [3.8, 4) is 0 Å². The van der Waals surface area contributed by atoms with Crippen molar-refractivity contribution in [3.63, 3.8) is 0 Å². The lowest BCUT2D eigenvalue weighted by atomic mass is 10.3. The van der Waals surface area contributed by atoms with E-state index in [1.807, 2.05) is 0 Å². The summed E-state index contributed by atoms with van der Waals surface area (Å²) in [6, 6.07) is 6.78. The van der Waals surface area contributed by atoms with Crippen LogP contribution in [0, 0.1) is 0 Å². The van der Waals surface area contributed by atoms with Gasteiger partial charge in [0.25, 0.3) is 0 Å². The molecule has 1 amide bonds. The third-order valence-corrected chi connectivity index (χ3v) is 3.42. The Morgan fingerprint density at radius 3 is 2.48 bits per heavy atom. The second-order valence-corrected chi connectivity index (χ2v) is 5.09. The fourth-order valence-electron chi connectivity index (χ4n) is 2.38. The number of para-hydroxylation sites is 2. The zero-order valence-electron chi connectivity index (χ0n) is 12.5. The molecule has 0 N–H and O–H groups in total. The molecule has 8 heteroatoms. The van der Waals surface area contributed by atoms with Crippen molar-refractivity contribution in [1.29, 1.82) is 0 Å². The van der Waals surface area contributed by atoms with Crippen molar-refractivity contribution in [2.24, 2.45) is 7.05 Å². The van der Waals surface area contributed by atoms with Gasteiger partial charge in [-0.25, -0.2) is 4.79 Å². The minimum atomic E-state index is -4.51. The van der Waals surface area contributed by atoms with E-state index < -0.39 is 30.9 Å². The summed E-state index contributed by atoms with van der Waals surface area (Å²) < 4.78 is 40.2. The van der Waals surface area contributed by atoms with Gasteiger partial charge < -0.3 is 4.90 Å². The molecule has 2 aromatic rings. The molecular weight excluding hydrogens is 311 g/mol. The number of benzene rings is 1. The third-order valence-electron chi connectivity index (χ3n) is 3.42. The van der Waals surface area contributed by atoms with Crippen LogP contribution in [0.3, 0.4) is 0 Å². The Morgan fingerprint density at radius 1 is 1.30 bits per heavy atom. The summed E-state index contributed by atoms with van der Waals surface area (Å²) >= 11 is 0. The second-order valence-electron chi connectivity index (χ2n) is 5.09. The van der Waals surface area contributed by atoms with Crippen molar-refractivity contribution >= 4 is 16.9 Å². The van der Waals surface area contributed by atoms with Gasteiger partial charge in [0, 0.05) is 13.6 Å². The number of nitrogens with zero attached hydrogens (tertiary/aromatic N) is 3. The molecule has 0 spiro atoms. The Morgan fingerprint density at radius 2 is 1.91 bits per heavy atom. The predicted molar refractivity (Wildman–Crippen MR) is 80.0 cm³/mol. The smallest absolute Gasteiger partial charge is 0.328 e. The monoisotopic (exact) mass is 327 g/mol. The summed E-state index contributed by atoms with van der Waals surface area (Å²) in [5.41, 5.74) is 0.653. The van der Waals surface area contributed by atoms with E-state index in [1.54, 1.807) is 31.3 Å². The van der Waals surface area contributed by atoms with E-state index in [1.165, 1.54) is 15.2 Å². The normalized spacial score (nSPS) is 11.7. The predicted octanol–water partition coefficient (Wildman–Crippen LogP) is 1.92. The first-order valence-corrected chi connectivity index (χ1v) is 6.84. The molecule has 1 aromatic carbocycles. The number of halogens is 3. The number of alkyl halides is 3. The van der Waals surface area contributed by atoms with Crippen LogP contribution in [0.2, 0.25) is 0 Å². The number of aromatic nitrogens is 2. The molecule has 0 aliphatic heterocycles. The maximum absolute atomic E-state index is 12.6. The SMILES string of the molecule is C=CCN(CC(F)(F)F)C(=O)Cn1c(=O)n(C)c2ccccc21. The zero-order valence-corrected chi connectivity index (χ0v) is 12.5. The van der Waals surface area contributed by atoms with Crippen LogP contribution < -0.4 is 5.69 Å². The van der Waals surface area contributed by atoms with Crippen molar-refractivity contribution in [3.05, 3.63) is 47.4 Å². The van der Waals surface area contributed by atoms with E-state index in [4.69, 9.17) is 0 Å². The Hall–Kier alpha value is -2.51. The summed E-state index contributed by atoms with van der Waals surface area (Å²) in [5.74, 6) is -0.791. The zero-order chi connectivity index (χ0) is 17.2. The number of carbonyl (C=O) groups excluding carboxylic acids is 1. The summed E-state index contributed by atoms with van der Waals surface area (Å²) in [4.78, 5) is 25.0. The van der Waals surface area contributed by atoms with Crippen LogP contribution in [0.25, 0.3) is 11.0 Å². The second kappa shape index (κ2) is 6.31. The van der Waals surface area contributed by atoms with Crippen LogP contribution in [0.1, 0.15) is 0 Å². The molecule has 5 nitrogen and oxygen atoms in total. The van der Waals surface area contributed by atoms with Gasteiger partial charge in [0.15, 0.2) is 0 Å². The van der Waals surface area contributed by atoms with E-state index >= 15 is 0 Å². The number of rotatable bonds is 5. The molecule has 0 atom stereocenters. The van der Waals surface area contributed by atoms with Crippen molar-refractivity contribution < 1.29 is 18.0 Å². The Labute approximate surface area is 130 Å². The molecule has 0 saturated carbocycles. The molecule has 0 bridgehead atoms. The number of carbonyl (C=O) groups is 1. The first kappa shape index (κ1) is 16.9. The number of aryl methyl sites for hydroxylation is 1. The lowest BCUT2D eigenvalue weighted by molar-refractivity contribution is -0.160. The van der Waals surface area contributed by atoms with Gasteiger partial charge in [-0.2, -0.15) is 13.2 Å². The highest BCUT2D eigenvalue weighted by Crippen LogP contribution is 2.17. The minimum absolute atomic E-state index is 0.238. The van der Waals surface area contributed by atoms with Gasteiger partial charge in [-0.05, 0) is 12.1 Å². The fourth-order valence-corrected chi connectivity index (χ4v) is 2.38. The number of hydrogen-bond donors (Lipinski definition) is 0. The molecule has 1 aromatic heterocycles. The summed E-state index contributed by atoms with van der Waals surface area (Å²) in [5, 5.41) is 0. The van der Waals surface area contributed by atoms with Gasteiger partial charge in [0.2, 0.25) is 5.91 Å². The Kier molecular flexibility index (Phi) is 4.63.